The smallest absolute Gasteiger partial charge is 0.262 e. The summed E-state index contributed by atoms with van der Waals surface area (Å²) in [5.41, 5.74) is 5.21. The molecule has 25 heavy (non-hydrogen) atoms. The van der Waals surface area contributed by atoms with Crippen LogP contribution in [0.3, 0.4) is 0 Å². The summed E-state index contributed by atoms with van der Waals surface area (Å²) in [6.45, 7) is 2.05. The number of rotatable bonds is 3. The Labute approximate surface area is 151 Å². The minimum atomic E-state index is -0.0493. The molecule has 1 aromatic heterocycles. The molecule has 0 fully saturated rings. The van der Waals surface area contributed by atoms with E-state index in [1.165, 1.54) is 16.9 Å². The number of phenolic OH excluding ortho intramolecular Hbond substituents is 1. The summed E-state index contributed by atoms with van der Waals surface area (Å²) in [4.78, 5) is 13.6. The minimum absolute atomic E-state index is 0.0393. The van der Waals surface area contributed by atoms with Gasteiger partial charge in [-0.05, 0) is 54.0 Å². The van der Waals surface area contributed by atoms with Crippen LogP contribution < -0.4 is 5.32 Å². The molecule has 0 spiro atoms. The van der Waals surface area contributed by atoms with Gasteiger partial charge in [-0.3, -0.25) is 4.79 Å². The molecule has 0 radical (unpaired) electrons. The van der Waals surface area contributed by atoms with Crippen LogP contribution >= 0.6 is 11.3 Å². The second kappa shape index (κ2) is 6.37. The molecule has 1 atom stereocenters. The predicted molar refractivity (Wildman–Crippen MR) is 101 cm³/mol. The third-order valence-corrected chi connectivity index (χ3v) is 5.70. The second-order valence-electron chi connectivity index (χ2n) is 6.44. The first-order chi connectivity index (χ1) is 12.1. The quantitative estimate of drug-likeness (QED) is 0.710. The SMILES string of the molecule is Cc1ccc(-c2ccsc2C(=O)NC2CCc3c(O)cccc32)cc1. The summed E-state index contributed by atoms with van der Waals surface area (Å²) < 4.78 is 0. The van der Waals surface area contributed by atoms with E-state index < -0.39 is 0 Å². The number of nitrogens with one attached hydrogen (secondary N) is 1. The molecule has 126 valence electrons. The number of fused-ring (bicyclic) bond motifs is 1. The van der Waals surface area contributed by atoms with Crippen LogP contribution in [-0.2, 0) is 6.42 Å². The molecule has 2 N–H and O–H groups in total. The summed E-state index contributed by atoms with van der Waals surface area (Å²) in [5.74, 6) is 0.275. The Bertz CT molecular complexity index is 927. The van der Waals surface area contributed by atoms with E-state index in [2.05, 4.69) is 36.5 Å². The van der Waals surface area contributed by atoms with Gasteiger partial charge in [0.25, 0.3) is 5.91 Å². The minimum Gasteiger partial charge on any atom is -0.508 e. The van der Waals surface area contributed by atoms with Gasteiger partial charge in [-0.15, -0.1) is 11.3 Å². The monoisotopic (exact) mass is 349 g/mol. The van der Waals surface area contributed by atoms with E-state index in [4.69, 9.17) is 0 Å². The standard InChI is InChI=1S/C21H19NO2S/c1-13-5-7-14(8-6-13)15-11-12-25-20(15)21(24)22-18-10-9-17-16(18)3-2-4-19(17)23/h2-8,11-12,18,23H,9-10H2,1H3,(H,22,24). The van der Waals surface area contributed by atoms with Crippen LogP contribution in [0.1, 0.15) is 38.8 Å². The zero-order valence-corrected chi connectivity index (χ0v) is 14.8. The molecule has 1 aliphatic rings. The van der Waals surface area contributed by atoms with Crippen LogP contribution in [0, 0.1) is 6.92 Å². The summed E-state index contributed by atoms with van der Waals surface area (Å²) in [7, 11) is 0. The second-order valence-corrected chi connectivity index (χ2v) is 7.36. The molecule has 1 amide bonds. The van der Waals surface area contributed by atoms with E-state index in [0.29, 0.717) is 5.75 Å². The van der Waals surface area contributed by atoms with E-state index in [-0.39, 0.29) is 11.9 Å². The van der Waals surface area contributed by atoms with Gasteiger partial charge in [-0.2, -0.15) is 0 Å². The molecule has 4 heteroatoms. The van der Waals surface area contributed by atoms with Crippen molar-refractivity contribution in [2.45, 2.75) is 25.8 Å². The highest BCUT2D eigenvalue weighted by Gasteiger charge is 2.27. The van der Waals surface area contributed by atoms with Gasteiger partial charge in [0.2, 0.25) is 0 Å². The molecule has 0 bridgehead atoms. The number of hydrogen-bond acceptors (Lipinski definition) is 3. The lowest BCUT2D eigenvalue weighted by Gasteiger charge is -2.14. The van der Waals surface area contributed by atoms with Crippen LogP contribution in [0.2, 0.25) is 0 Å². The highest BCUT2D eigenvalue weighted by Crippen LogP contribution is 2.37. The Morgan fingerprint density at radius 2 is 1.96 bits per heavy atom. The molecule has 2 aromatic carbocycles. The predicted octanol–water partition coefficient (Wildman–Crippen LogP) is 4.85. The van der Waals surface area contributed by atoms with Gasteiger partial charge in [-0.1, -0.05) is 42.0 Å². The Balaban J connectivity index is 1.59. The first kappa shape index (κ1) is 15.9. The van der Waals surface area contributed by atoms with E-state index in [9.17, 15) is 9.90 Å². The van der Waals surface area contributed by atoms with Gasteiger partial charge < -0.3 is 10.4 Å². The zero-order valence-electron chi connectivity index (χ0n) is 14.0. The van der Waals surface area contributed by atoms with Crippen molar-refractivity contribution in [3.63, 3.8) is 0 Å². The largest absolute Gasteiger partial charge is 0.508 e. The van der Waals surface area contributed by atoms with Crippen LogP contribution in [-0.4, -0.2) is 11.0 Å². The Kier molecular flexibility index (Phi) is 4.06. The number of aryl methyl sites for hydroxylation is 1. The fraction of sp³-hybridized carbons (Fsp3) is 0.190. The average Bonchev–Trinajstić information content (AvgIpc) is 3.24. The number of aromatic hydroxyl groups is 1. The highest BCUT2D eigenvalue weighted by molar-refractivity contribution is 7.12. The first-order valence-electron chi connectivity index (χ1n) is 8.39. The van der Waals surface area contributed by atoms with Gasteiger partial charge in [0.1, 0.15) is 5.75 Å². The molecule has 3 aromatic rings. The first-order valence-corrected chi connectivity index (χ1v) is 9.27. The van der Waals surface area contributed by atoms with Crippen molar-refractivity contribution < 1.29 is 9.90 Å². The molecule has 1 aliphatic carbocycles. The van der Waals surface area contributed by atoms with E-state index in [1.54, 1.807) is 6.07 Å². The maximum Gasteiger partial charge on any atom is 0.262 e. The van der Waals surface area contributed by atoms with Crippen molar-refractivity contribution in [2.75, 3.05) is 0 Å². The van der Waals surface area contributed by atoms with Gasteiger partial charge in [0.05, 0.1) is 10.9 Å². The highest BCUT2D eigenvalue weighted by atomic mass is 32.1. The third-order valence-electron chi connectivity index (χ3n) is 4.79. The topological polar surface area (TPSA) is 49.3 Å². The van der Waals surface area contributed by atoms with Crippen LogP contribution in [0.5, 0.6) is 5.75 Å². The number of hydrogen-bond donors (Lipinski definition) is 2. The third kappa shape index (κ3) is 2.94. The van der Waals surface area contributed by atoms with E-state index in [1.807, 2.05) is 23.6 Å². The molecular weight excluding hydrogens is 330 g/mol. The summed E-state index contributed by atoms with van der Waals surface area (Å²) in [5, 5.41) is 15.1. The average molecular weight is 349 g/mol. The van der Waals surface area contributed by atoms with Crippen molar-refractivity contribution >= 4 is 17.2 Å². The molecule has 3 nitrogen and oxygen atoms in total. The summed E-state index contributed by atoms with van der Waals surface area (Å²) in [6.07, 6.45) is 1.62. The van der Waals surface area contributed by atoms with Crippen molar-refractivity contribution in [1.29, 1.82) is 0 Å². The van der Waals surface area contributed by atoms with Gasteiger partial charge in [0.15, 0.2) is 0 Å². The lowest BCUT2D eigenvalue weighted by Crippen LogP contribution is -2.26. The van der Waals surface area contributed by atoms with Gasteiger partial charge in [-0.25, -0.2) is 0 Å². The maximum atomic E-state index is 12.9. The van der Waals surface area contributed by atoms with Crippen molar-refractivity contribution in [2.24, 2.45) is 0 Å². The number of carbonyl (C=O) groups excluding carboxylic acids is 1. The molecule has 0 aliphatic heterocycles. The summed E-state index contributed by atoms with van der Waals surface area (Å²) >= 11 is 1.46. The van der Waals surface area contributed by atoms with Crippen molar-refractivity contribution in [1.82, 2.24) is 5.32 Å². The molecule has 1 heterocycles. The molecule has 4 rings (SSSR count). The Hall–Kier alpha value is -2.59. The lowest BCUT2D eigenvalue weighted by molar-refractivity contribution is 0.0941. The molecule has 0 saturated heterocycles. The molecular formula is C21H19NO2S. The van der Waals surface area contributed by atoms with Crippen molar-refractivity contribution in [3.8, 4) is 16.9 Å². The van der Waals surface area contributed by atoms with Crippen molar-refractivity contribution in [3.05, 3.63) is 75.5 Å². The fourth-order valence-corrected chi connectivity index (χ4v) is 4.27. The molecule has 1 unspecified atom stereocenters. The Morgan fingerprint density at radius 1 is 1.16 bits per heavy atom. The number of amides is 1. The maximum absolute atomic E-state index is 12.9. The van der Waals surface area contributed by atoms with Gasteiger partial charge >= 0.3 is 0 Å². The fourth-order valence-electron chi connectivity index (χ4n) is 3.45. The number of thiophene rings is 1. The number of benzene rings is 2. The van der Waals surface area contributed by atoms with Crippen LogP contribution in [0.15, 0.2) is 53.9 Å². The van der Waals surface area contributed by atoms with Crippen LogP contribution in [0.4, 0.5) is 0 Å². The van der Waals surface area contributed by atoms with Gasteiger partial charge in [0, 0.05) is 5.56 Å². The lowest BCUT2D eigenvalue weighted by atomic mass is 10.0. The molecule has 0 saturated carbocycles. The zero-order chi connectivity index (χ0) is 17.4. The normalized spacial score (nSPS) is 15.8. The summed E-state index contributed by atoms with van der Waals surface area (Å²) in [6, 6.07) is 15.7. The number of carbonyl (C=O) groups is 1. The van der Waals surface area contributed by atoms with Crippen LogP contribution in [0.25, 0.3) is 11.1 Å². The van der Waals surface area contributed by atoms with E-state index >= 15 is 0 Å². The Morgan fingerprint density at radius 3 is 2.76 bits per heavy atom. The number of phenols is 1. The van der Waals surface area contributed by atoms with E-state index in [0.717, 1.165) is 40.0 Å².